The molecule has 0 heterocycles. The van der Waals surface area contributed by atoms with Crippen LogP contribution in [0.5, 0.6) is 11.5 Å². The average Bonchev–Trinajstić information content (AvgIpc) is 2.66. The minimum atomic E-state index is -3.26. The summed E-state index contributed by atoms with van der Waals surface area (Å²) >= 11 is 0. The first-order valence-corrected chi connectivity index (χ1v) is 10.6. The van der Waals surface area contributed by atoms with Gasteiger partial charge in [0.05, 0.1) is 25.2 Å². The van der Waals surface area contributed by atoms with Crippen molar-refractivity contribution in [2.24, 2.45) is 0 Å². The van der Waals surface area contributed by atoms with E-state index in [4.69, 9.17) is 9.47 Å². The van der Waals surface area contributed by atoms with E-state index < -0.39 is 9.84 Å². The van der Waals surface area contributed by atoms with Gasteiger partial charge in [0.2, 0.25) is 0 Å². The lowest BCUT2D eigenvalue weighted by atomic mass is 10.0. The van der Waals surface area contributed by atoms with Gasteiger partial charge in [-0.15, -0.1) is 6.58 Å². The number of carbonyl (C=O) groups is 1. The highest BCUT2D eigenvalue weighted by molar-refractivity contribution is 7.90. The Morgan fingerprint density at radius 2 is 1.82 bits per heavy atom. The lowest BCUT2D eigenvalue weighted by Crippen LogP contribution is -2.26. The molecule has 0 bridgehead atoms. The van der Waals surface area contributed by atoms with Crippen molar-refractivity contribution < 1.29 is 22.7 Å². The third-order valence-corrected chi connectivity index (χ3v) is 5.47. The van der Waals surface area contributed by atoms with Crippen molar-refractivity contribution in [3.63, 3.8) is 0 Å². The van der Waals surface area contributed by atoms with Gasteiger partial charge in [0.15, 0.2) is 21.3 Å². The highest BCUT2D eigenvalue weighted by Gasteiger charge is 2.18. The molecule has 0 fully saturated rings. The van der Waals surface area contributed by atoms with Crippen molar-refractivity contribution in [1.29, 1.82) is 0 Å². The van der Waals surface area contributed by atoms with E-state index in [2.05, 4.69) is 11.9 Å². The number of hydrogen-bond acceptors (Lipinski definition) is 5. The van der Waals surface area contributed by atoms with Crippen molar-refractivity contribution in [2.45, 2.75) is 24.3 Å². The number of amides is 1. The molecular formula is C21H25NO5S. The fourth-order valence-corrected chi connectivity index (χ4v) is 3.48. The van der Waals surface area contributed by atoms with Crippen LogP contribution in [0.2, 0.25) is 0 Å². The first kappa shape index (κ1) is 21.5. The maximum atomic E-state index is 12.7. The summed E-state index contributed by atoms with van der Waals surface area (Å²) in [6.07, 6.45) is 3.42. The van der Waals surface area contributed by atoms with Crippen LogP contribution in [-0.2, 0) is 16.3 Å². The predicted octanol–water partition coefficient (Wildman–Crippen LogP) is 3.33. The molecule has 7 heteroatoms. The fraction of sp³-hybridized carbons (Fsp3) is 0.286. The van der Waals surface area contributed by atoms with Gasteiger partial charge in [-0.1, -0.05) is 18.2 Å². The summed E-state index contributed by atoms with van der Waals surface area (Å²) in [6.45, 7) is 5.57. The van der Waals surface area contributed by atoms with E-state index in [1.807, 2.05) is 6.92 Å². The molecule has 150 valence electrons. The highest BCUT2D eigenvalue weighted by Crippen LogP contribution is 2.33. The van der Waals surface area contributed by atoms with Crippen LogP contribution < -0.4 is 14.8 Å². The molecule has 0 aromatic heterocycles. The minimum absolute atomic E-state index is 0.240. The zero-order valence-corrected chi connectivity index (χ0v) is 17.3. The number of carbonyl (C=O) groups excluding carboxylic acids is 1. The lowest BCUT2D eigenvalue weighted by Gasteiger charge is -2.17. The SMILES string of the molecule is C=CCc1cc(C(=O)NC(C)c2ccc(S(C)(=O)=O)cc2)cc(OC)c1OC. The number of allylic oxidation sites excluding steroid dienone is 1. The number of ether oxygens (including phenoxy) is 2. The molecule has 28 heavy (non-hydrogen) atoms. The zero-order chi connectivity index (χ0) is 20.9. The van der Waals surface area contributed by atoms with Gasteiger partial charge in [-0.2, -0.15) is 0 Å². The van der Waals surface area contributed by atoms with Crippen LogP contribution in [-0.4, -0.2) is 34.8 Å². The maximum Gasteiger partial charge on any atom is 0.251 e. The number of benzene rings is 2. The maximum absolute atomic E-state index is 12.7. The molecule has 1 amide bonds. The van der Waals surface area contributed by atoms with Crippen LogP contribution in [0, 0.1) is 0 Å². The summed E-state index contributed by atoms with van der Waals surface area (Å²) in [7, 11) is -0.192. The second-order valence-electron chi connectivity index (χ2n) is 6.40. The standard InChI is InChI=1S/C21H25NO5S/c1-6-7-16-12-17(13-19(26-3)20(16)27-4)21(23)22-14(2)15-8-10-18(11-9-15)28(5,24)25/h6,8-14H,1,7H2,2-5H3,(H,22,23). The number of sulfone groups is 1. The van der Waals surface area contributed by atoms with Gasteiger partial charge in [-0.25, -0.2) is 8.42 Å². The van der Waals surface area contributed by atoms with E-state index in [-0.39, 0.29) is 16.8 Å². The molecule has 1 atom stereocenters. The van der Waals surface area contributed by atoms with Crippen LogP contribution in [0.15, 0.2) is 53.9 Å². The quantitative estimate of drug-likeness (QED) is 0.684. The summed E-state index contributed by atoms with van der Waals surface area (Å²) in [6, 6.07) is 9.52. The molecule has 2 aromatic rings. The number of rotatable bonds is 8. The molecular weight excluding hydrogens is 378 g/mol. The van der Waals surface area contributed by atoms with E-state index >= 15 is 0 Å². The van der Waals surface area contributed by atoms with Gasteiger partial charge < -0.3 is 14.8 Å². The second kappa shape index (κ2) is 8.93. The Kier molecular flexibility index (Phi) is 6.85. The Bertz CT molecular complexity index is 965. The van der Waals surface area contributed by atoms with Crippen molar-refractivity contribution in [3.05, 3.63) is 65.7 Å². The van der Waals surface area contributed by atoms with Gasteiger partial charge in [0, 0.05) is 17.4 Å². The molecule has 1 unspecified atom stereocenters. The number of hydrogen-bond donors (Lipinski definition) is 1. The number of methoxy groups -OCH3 is 2. The molecule has 0 aliphatic heterocycles. The largest absolute Gasteiger partial charge is 0.493 e. The van der Waals surface area contributed by atoms with E-state index in [1.165, 1.54) is 19.2 Å². The van der Waals surface area contributed by atoms with Crippen LogP contribution in [0.4, 0.5) is 0 Å². The Morgan fingerprint density at radius 3 is 2.32 bits per heavy atom. The Balaban J connectivity index is 2.26. The molecule has 0 saturated carbocycles. The third-order valence-electron chi connectivity index (χ3n) is 4.34. The molecule has 0 radical (unpaired) electrons. The summed E-state index contributed by atoms with van der Waals surface area (Å²) in [5.74, 6) is 0.770. The second-order valence-corrected chi connectivity index (χ2v) is 8.42. The lowest BCUT2D eigenvalue weighted by molar-refractivity contribution is 0.0939. The summed E-state index contributed by atoms with van der Waals surface area (Å²) in [4.78, 5) is 13.0. The smallest absolute Gasteiger partial charge is 0.251 e. The van der Waals surface area contributed by atoms with Crippen LogP contribution in [0.3, 0.4) is 0 Å². The Labute approximate surface area is 166 Å². The summed E-state index contributed by atoms with van der Waals surface area (Å²) in [5.41, 5.74) is 2.04. The van der Waals surface area contributed by atoms with Gasteiger partial charge in [0.25, 0.3) is 5.91 Å². The van der Waals surface area contributed by atoms with Gasteiger partial charge in [-0.05, 0) is 43.2 Å². The first-order chi connectivity index (χ1) is 13.2. The monoisotopic (exact) mass is 403 g/mol. The van der Waals surface area contributed by atoms with Crippen LogP contribution in [0.25, 0.3) is 0 Å². The molecule has 2 aromatic carbocycles. The van der Waals surface area contributed by atoms with Crippen molar-refractivity contribution in [2.75, 3.05) is 20.5 Å². The number of nitrogens with one attached hydrogen (secondary N) is 1. The van der Waals surface area contributed by atoms with Gasteiger partial charge in [-0.3, -0.25) is 4.79 Å². The molecule has 1 N–H and O–H groups in total. The Hall–Kier alpha value is -2.80. The topological polar surface area (TPSA) is 81.7 Å². The zero-order valence-electron chi connectivity index (χ0n) is 16.5. The normalized spacial score (nSPS) is 12.1. The van der Waals surface area contributed by atoms with E-state index in [1.54, 1.807) is 37.5 Å². The van der Waals surface area contributed by atoms with E-state index in [0.29, 0.717) is 23.5 Å². The third kappa shape index (κ3) is 4.92. The first-order valence-electron chi connectivity index (χ1n) is 8.68. The van der Waals surface area contributed by atoms with Crippen molar-refractivity contribution in [3.8, 4) is 11.5 Å². The molecule has 0 aliphatic carbocycles. The fourth-order valence-electron chi connectivity index (χ4n) is 2.85. The molecule has 0 saturated heterocycles. The minimum Gasteiger partial charge on any atom is -0.493 e. The average molecular weight is 404 g/mol. The predicted molar refractivity (Wildman–Crippen MR) is 109 cm³/mol. The molecule has 0 aliphatic rings. The van der Waals surface area contributed by atoms with Gasteiger partial charge >= 0.3 is 0 Å². The van der Waals surface area contributed by atoms with E-state index in [9.17, 15) is 13.2 Å². The van der Waals surface area contributed by atoms with Crippen LogP contribution >= 0.6 is 0 Å². The summed E-state index contributed by atoms with van der Waals surface area (Å²) in [5, 5.41) is 2.92. The molecule has 2 rings (SSSR count). The van der Waals surface area contributed by atoms with Crippen molar-refractivity contribution in [1.82, 2.24) is 5.32 Å². The van der Waals surface area contributed by atoms with E-state index in [0.717, 1.165) is 17.4 Å². The summed E-state index contributed by atoms with van der Waals surface area (Å²) < 4.78 is 33.9. The molecule has 0 spiro atoms. The van der Waals surface area contributed by atoms with Gasteiger partial charge in [0.1, 0.15) is 0 Å². The van der Waals surface area contributed by atoms with Crippen LogP contribution in [0.1, 0.15) is 34.5 Å². The molecule has 6 nitrogen and oxygen atoms in total. The Morgan fingerprint density at radius 1 is 1.18 bits per heavy atom. The van der Waals surface area contributed by atoms with Crippen molar-refractivity contribution >= 4 is 15.7 Å². The highest BCUT2D eigenvalue weighted by atomic mass is 32.2.